The molecule has 0 aliphatic heterocycles. The summed E-state index contributed by atoms with van der Waals surface area (Å²) in [4.78, 5) is 17.2. The van der Waals surface area contributed by atoms with Crippen LogP contribution in [0.1, 0.15) is 27.8 Å². The van der Waals surface area contributed by atoms with E-state index in [4.69, 9.17) is 4.74 Å². The zero-order chi connectivity index (χ0) is 20.1. The van der Waals surface area contributed by atoms with Crippen LogP contribution in [-0.2, 0) is 7.05 Å². The van der Waals surface area contributed by atoms with Crippen LogP contribution in [-0.4, -0.2) is 29.2 Å². The van der Waals surface area contributed by atoms with E-state index >= 15 is 0 Å². The normalized spacial score (nSPS) is 11.9. The molecule has 146 valence electrons. The second-order valence-electron chi connectivity index (χ2n) is 5.95. The average molecular weight is 387 g/mol. The van der Waals surface area contributed by atoms with E-state index < -0.39 is 18.6 Å². The summed E-state index contributed by atoms with van der Waals surface area (Å²) >= 11 is 0. The number of halogens is 2. The largest absolute Gasteiger partial charge is 0.496 e. The molecule has 0 saturated carbocycles. The van der Waals surface area contributed by atoms with Gasteiger partial charge >= 0.3 is 6.61 Å². The Morgan fingerprint density at radius 2 is 1.96 bits per heavy atom. The number of carbonyl (C=O) groups excluding carboxylic acids is 1. The molecule has 0 spiro atoms. The second kappa shape index (κ2) is 8.51. The third-order valence-corrected chi connectivity index (χ3v) is 4.16. The number of ether oxygens (including phenoxy) is 2. The molecule has 8 heteroatoms. The molecule has 3 aromatic rings. The lowest BCUT2D eigenvalue weighted by atomic mass is 10.0. The summed E-state index contributed by atoms with van der Waals surface area (Å²) in [5, 5.41) is 2.90. The van der Waals surface area contributed by atoms with E-state index in [-0.39, 0.29) is 11.3 Å². The van der Waals surface area contributed by atoms with Gasteiger partial charge in [0.05, 0.1) is 7.11 Å². The summed E-state index contributed by atoms with van der Waals surface area (Å²) in [6.07, 6.45) is 3.39. The number of amides is 1. The van der Waals surface area contributed by atoms with Crippen molar-refractivity contribution in [2.24, 2.45) is 7.05 Å². The van der Waals surface area contributed by atoms with Crippen LogP contribution in [0, 0.1) is 0 Å². The van der Waals surface area contributed by atoms with E-state index in [2.05, 4.69) is 15.0 Å². The van der Waals surface area contributed by atoms with Crippen LogP contribution in [0.5, 0.6) is 11.5 Å². The van der Waals surface area contributed by atoms with Crippen molar-refractivity contribution in [2.45, 2.75) is 12.7 Å². The number of imidazole rings is 1. The summed E-state index contributed by atoms with van der Waals surface area (Å²) in [7, 11) is 3.36. The van der Waals surface area contributed by atoms with Crippen LogP contribution in [0.2, 0.25) is 0 Å². The van der Waals surface area contributed by atoms with Crippen molar-refractivity contribution < 1.29 is 23.0 Å². The van der Waals surface area contributed by atoms with Gasteiger partial charge in [-0.3, -0.25) is 4.79 Å². The van der Waals surface area contributed by atoms with E-state index in [0.717, 1.165) is 0 Å². The Bertz CT molecular complexity index is 959. The summed E-state index contributed by atoms with van der Waals surface area (Å²) in [6.45, 7) is -2.97. The van der Waals surface area contributed by atoms with Gasteiger partial charge in [0.1, 0.15) is 23.4 Å². The summed E-state index contributed by atoms with van der Waals surface area (Å²) in [6, 6.07) is 12.3. The fraction of sp³-hybridized carbons (Fsp3) is 0.200. The highest BCUT2D eigenvalue weighted by molar-refractivity contribution is 5.95. The van der Waals surface area contributed by atoms with Crippen LogP contribution in [0.3, 0.4) is 0 Å². The molecule has 1 N–H and O–H groups in total. The Balaban J connectivity index is 1.94. The molecule has 2 aromatic carbocycles. The zero-order valence-electron chi connectivity index (χ0n) is 15.3. The van der Waals surface area contributed by atoms with E-state index in [1.165, 1.54) is 24.3 Å². The summed E-state index contributed by atoms with van der Waals surface area (Å²) in [5.74, 6) is 0.635. The summed E-state index contributed by atoms with van der Waals surface area (Å²) in [5.41, 5.74) is 0.903. The number of hydrogen-bond donors (Lipinski definition) is 1. The van der Waals surface area contributed by atoms with E-state index in [1.807, 2.05) is 25.2 Å². The highest BCUT2D eigenvalue weighted by atomic mass is 19.3. The molecule has 3 rings (SSSR count). The number of para-hydroxylation sites is 1. The van der Waals surface area contributed by atoms with Crippen molar-refractivity contribution in [1.82, 2.24) is 14.9 Å². The minimum atomic E-state index is -2.97. The third-order valence-electron chi connectivity index (χ3n) is 4.16. The standard InChI is InChI=1S/C20H19F2N3O3/c1-25-11-10-23-18(25)17(15-8-3-4-9-16(15)27-2)24-19(26)13-6-5-7-14(12-13)28-20(21)22/h3-12,17,20H,1-2H3,(H,24,26). The Hall–Kier alpha value is -3.42. The van der Waals surface area contributed by atoms with E-state index in [0.29, 0.717) is 17.1 Å². The van der Waals surface area contributed by atoms with Crippen LogP contribution >= 0.6 is 0 Å². The topological polar surface area (TPSA) is 65.4 Å². The molecule has 0 aliphatic carbocycles. The zero-order valence-corrected chi connectivity index (χ0v) is 15.3. The van der Waals surface area contributed by atoms with Gasteiger partial charge in [-0.2, -0.15) is 8.78 Å². The number of carbonyl (C=O) groups is 1. The van der Waals surface area contributed by atoms with Crippen molar-refractivity contribution in [1.29, 1.82) is 0 Å². The smallest absolute Gasteiger partial charge is 0.387 e. The number of hydrogen-bond acceptors (Lipinski definition) is 4. The number of rotatable bonds is 7. The number of aromatic nitrogens is 2. The SMILES string of the molecule is COc1ccccc1C(NC(=O)c1cccc(OC(F)F)c1)c1nccn1C. The molecule has 1 heterocycles. The molecule has 0 aliphatic rings. The van der Waals surface area contributed by atoms with Crippen molar-refractivity contribution in [2.75, 3.05) is 7.11 Å². The van der Waals surface area contributed by atoms with Crippen LogP contribution < -0.4 is 14.8 Å². The van der Waals surface area contributed by atoms with Gasteiger partial charge in [-0.05, 0) is 24.3 Å². The van der Waals surface area contributed by atoms with Crippen molar-refractivity contribution in [3.8, 4) is 11.5 Å². The Labute approximate surface area is 160 Å². The predicted octanol–water partition coefficient (Wildman–Crippen LogP) is 3.55. The highest BCUT2D eigenvalue weighted by Gasteiger charge is 2.24. The molecular weight excluding hydrogens is 368 g/mol. The van der Waals surface area contributed by atoms with Crippen molar-refractivity contribution in [3.05, 3.63) is 77.9 Å². The van der Waals surface area contributed by atoms with Crippen molar-refractivity contribution >= 4 is 5.91 Å². The number of aryl methyl sites for hydroxylation is 1. The molecule has 0 fully saturated rings. The molecule has 6 nitrogen and oxygen atoms in total. The molecule has 0 saturated heterocycles. The minimum Gasteiger partial charge on any atom is -0.496 e. The maximum Gasteiger partial charge on any atom is 0.387 e. The molecule has 0 radical (unpaired) electrons. The van der Waals surface area contributed by atoms with Gasteiger partial charge in [0, 0.05) is 30.6 Å². The quantitative estimate of drug-likeness (QED) is 0.673. The fourth-order valence-electron chi connectivity index (χ4n) is 2.87. The Morgan fingerprint density at radius 3 is 2.64 bits per heavy atom. The third kappa shape index (κ3) is 4.28. The fourth-order valence-corrected chi connectivity index (χ4v) is 2.87. The maximum absolute atomic E-state index is 12.8. The molecule has 1 amide bonds. The number of methoxy groups -OCH3 is 1. The first-order valence-corrected chi connectivity index (χ1v) is 8.45. The lowest BCUT2D eigenvalue weighted by molar-refractivity contribution is -0.0498. The first-order chi connectivity index (χ1) is 13.5. The lowest BCUT2D eigenvalue weighted by Gasteiger charge is -2.21. The van der Waals surface area contributed by atoms with Gasteiger partial charge in [0.2, 0.25) is 0 Å². The number of nitrogens with zero attached hydrogens (tertiary/aromatic N) is 2. The van der Waals surface area contributed by atoms with E-state index in [9.17, 15) is 13.6 Å². The molecule has 1 unspecified atom stereocenters. The molecule has 0 bridgehead atoms. The lowest BCUT2D eigenvalue weighted by Crippen LogP contribution is -2.31. The average Bonchev–Trinajstić information content (AvgIpc) is 3.11. The first-order valence-electron chi connectivity index (χ1n) is 8.45. The molecule has 28 heavy (non-hydrogen) atoms. The molecule has 1 aromatic heterocycles. The van der Waals surface area contributed by atoms with Gasteiger partial charge in [-0.15, -0.1) is 0 Å². The minimum absolute atomic E-state index is 0.0894. The molecular formula is C20H19F2N3O3. The van der Waals surface area contributed by atoms with Crippen molar-refractivity contribution in [3.63, 3.8) is 0 Å². The number of alkyl halides is 2. The van der Waals surface area contributed by atoms with Gasteiger partial charge in [0.15, 0.2) is 0 Å². The maximum atomic E-state index is 12.8. The summed E-state index contributed by atoms with van der Waals surface area (Å²) < 4.78 is 36.5. The van der Waals surface area contributed by atoms with Crippen LogP contribution in [0.15, 0.2) is 60.9 Å². The second-order valence-corrected chi connectivity index (χ2v) is 5.95. The Kier molecular flexibility index (Phi) is 5.88. The van der Waals surface area contributed by atoms with Gasteiger partial charge in [-0.1, -0.05) is 24.3 Å². The monoisotopic (exact) mass is 387 g/mol. The molecule has 1 atom stereocenters. The van der Waals surface area contributed by atoms with Gasteiger partial charge in [0.25, 0.3) is 5.91 Å². The predicted molar refractivity (Wildman–Crippen MR) is 98.6 cm³/mol. The number of benzene rings is 2. The number of nitrogens with one attached hydrogen (secondary N) is 1. The highest BCUT2D eigenvalue weighted by Crippen LogP contribution is 2.29. The van der Waals surface area contributed by atoms with Gasteiger partial charge < -0.3 is 19.4 Å². The van der Waals surface area contributed by atoms with Crippen LogP contribution in [0.4, 0.5) is 8.78 Å². The first kappa shape index (κ1) is 19.3. The Morgan fingerprint density at radius 1 is 1.18 bits per heavy atom. The van der Waals surface area contributed by atoms with Crippen LogP contribution in [0.25, 0.3) is 0 Å². The van der Waals surface area contributed by atoms with Gasteiger partial charge in [-0.25, -0.2) is 4.98 Å². The van der Waals surface area contributed by atoms with E-state index in [1.54, 1.807) is 30.1 Å².